The van der Waals surface area contributed by atoms with Crippen molar-refractivity contribution in [2.45, 2.75) is 6.61 Å². The van der Waals surface area contributed by atoms with Gasteiger partial charge in [-0.3, -0.25) is 14.9 Å². The van der Waals surface area contributed by atoms with Gasteiger partial charge in [0, 0.05) is 24.2 Å². The topological polar surface area (TPSA) is 102 Å². The van der Waals surface area contributed by atoms with Crippen molar-refractivity contribution < 1.29 is 19.6 Å². The van der Waals surface area contributed by atoms with E-state index >= 15 is 0 Å². The third kappa shape index (κ3) is 4.40. The van der Waals surface area contributed by atoms with Crippen LogP contribution in [0.1, 0.15) is 5.56 Å². The van der Waals surface area contributed by atoms with Crippen molar-refractivity contribution in [1.29, 1.82) is 0 Å². The predicted molar refractivity (Wildman–Crippen MR) is 67.7 cm³/mol. The zero-order valence-electron chi connectivity index (χ0n) is 10.2. The Hall–Kier alpha value is -2.41. The Bertz CT molecular complexity index is 487. The van der Waals surface area contributed by atoms with Crippen molar-refractivity contribution in [3.05, 3.63) is 46.5 Å². The van der Waals surface area contributed by atoms with Gasteiger partial charge < -0.3 is 15.2 Å². The quantitative estimate of drug-likeness (QED) is 0.431. The summed E-state index contributed by atoms with van der Waals surface area (Å²) in [5, 5.41) is 22.2. The molecule has 2 N–H and O–H groups in total. The summed E-state index contributed by atoms with van der Waals surface area (Å²) in [6.07, 6.45) is 1.53. The summed E-state index contributed by atoms with van der Waals surface area (Å²) in [5.74, 6) is -0.107. The molecule has 0 spiro atoms. The number of hydrogen-bond donors (Lipinski definition) is 2. The van der Waals surface area contributed by atoms with Gasteiger partial charge in [0.05, 0.1) is 11.5 Å². The van der Waals surface area contributed by atoms with Crippen molar-refractivity contribution in [3.8, 4) is 5.75 Å². The van der Waals surface area contributed by atoms with E-state index in [0.717, 1.165) is 0 Å². The Labute approximate surface area is 109 Å². The number of non-ortho nitro benzene ring substituents is 1. The zero-order valence-corrected chi connectivity index (χ0v) is 10.2. The number of carbonyl (C=O) groups is 1. The van der Waals surface area contributed by atoms with Gasteiger partial charge in [0.1, 0.15) is 5.75 Å². The second-order valence-corrected chi connectivity index (χ2v) is 3.59. The van der Waals surface area contributed by atoms with Gasteiger partial charge in [-0.25, -0.2) is 0 Å². The molecule has 19 heavy (non-hydrogen) atoms. The van der Waals surface area contributed by atoms with Crippen LogP contribution in [-0.4, -0.2) is 29.1 Å². The summed E-state index contributed by atoms with van der Waals surface area (Å²) in [5.41, 5.74) is 0.109. The maximum atomic E-state index is 11.3. The number of nitro groups is 1. The summed E-state index contributed by atoms with van der Waals surface area (Å²) in [6, 6.07) is 3.80. The van der Waals surface area contributed by atoms with E-state index in [1.165, 1.54) is 24.3 Å². The first-order valence-corrected chi connectivity index (χ1v) is 5.47. The highest BCUT2D eigenvalue weighted by Crippen LogP contribution is 2.24. The van der Waals surface area contributed by atoms with Crippen LogP contribution in [0.15, 0.2) is 30.9 Å². The molecule has 1 aromatic rings. The molecule has 0 fully saturated rings. The largest absolute Gasteiger partial charge is 0.483 e. The van der Waals surface area contributed by atoms with Crippen molar-refractivity contribution >= 4 is 11.6 Å². The van der Waals surface area contributed by atoms with Gasteiger partial charge in [-0.1, -0.05) is 6.08 Å². The van der Waals surface area contributed by atoms with Gasteiger partial charge in [-0.2, -0.15) is 0 Å². The van der Waals surface area contributed by atoms with Gasteiger partial charge in [0.25, 0.3) is 11.6 Å². The monoisotopic (exact) mass is 266 g/mol. The third-order valence-electron chi connectivity index (χ3n) is 2.23. The molecule has 0 heterocycles. The number of nitro benzene ring substituents is 1. The third-order valence-corrected chi connectivity index (χ3v) is 2.23. The Morgan fingerprint density at radius 3 is 2.89 bits per heavy atom. The molecule has 1 amide bonds. The van der Waals surface area contributed by atoms with Crippen LogP contribution < -0.4 is 10.1 Å². The molecule has 0 saturated carbocycles. The normalized spacial score (nSPS) is 9.74. The fourth-order valence-electron chi connectivity index (χ4n) is 1.32. The Kier molecular flexibility index (Phi) is 5.49. The van der Waals surface area contributed by atoms with Crippen molar-refractivity contribution in [3.63, 3.8) is 0 Å². The second kappa shape index (κ2) is 7.12. The Morgan fingerprint density at radius 1 is 1.58 bits per heavy atom. The molecule has 0 saturated heterocycles. The van der Waals surface area contributed by atoms with E-state index in [2.05, 4.69) is 11.9 Å². The van der Waals surface area contributed by atoms with E-state index in [0.29, 0.717) is 6.54 Å². The number of nitrogens with zero attached hydrogens (tertiary/aromatic N) is 1. The molecule has 7 heteroatoms. The van der Waals surface area contributed by atoms with Crippen molar-refractivity contribution in [2.24, 2.45) is 0 Å². The minimum absolute atomic E-state index is 0.146. The summed E-state index contributed by atoms with van der Waals surface area (Å²) in [7, 11) is 0. The second-order valence-electron chi connectivity index (χ2n) is 3.59. The molecular weight excluding hydrogens is 252 g/mol. The van der Waals surface area contributed by atoms with E-state index in [1.54, 1.807) is 0 Å². The zero-order chi connectivity index (χ0) is 14.3. The molecular formula is C12H14N2O5. The smallest absolute Gasteiger partial charge is 0.270 e. The average Bonchev–Trinajstić information content (AvgIpc) is 2.42. The van der Waals surface area contributed by atoms with Gasteiger partial charge in [0.2, 0.25) is 0 Å². The lowest BCUT2D eigenvalue weighted by atomic mass is 10.2. The molecule has 0 bridgehead atoms. The summed E-state index contributed by atoms with van der Waals surface area (Å²) in [4.78, 5) is 21.3. The van der Waals surface area contributed by atoms with Crippen LogP contribution >= 0.6 is 0 Å². The highest BCUT2D eigenvalue weighted by atomic mass is 16.6. The molecule has 102 valence electrons. The summed E-state index contributed by atoms with van der Waals surface area (Å²) >= 11 is 0. The highest BCUT2D eigenvalue weighted by molar-refractivity contribution is 5.77. The first-order valence-electron chi connectivity index (χ1n) is 5.47. The van der Waals surface area contributed by atoms with Gasteiger partial charge in [-0.05, 0) is 6.07 Å². The van der Waals surface area contributed by atoms with Crippen molar-refractivity contribution in [1.82, 2.24) is 5.32 Å². The number of carbonyl (C=O) groups excluding carboxylic acids is 1. The molecule has 0 aromatic heterocycles. The van der Waals surface area contributed by atoms with E-state index in [1.807, 2.05) is 0 Å². The van der Waals surface area contributed by atoms with Crippen molar-refractivity contribution in [2.75, 3.05) is 13.2 Å². The number of ether oxygens (including phenoxy) is 1. The van der Waals surface area contributed by atoms with E-state index in [-0.39, 0.29) is 29.5 Å². The standard InChI is InChI=1S/C12H14N2O5/c1-2-5-13-12(16)8-19-11-4-3-10(14(17)18)6-9(11)7-15/h2-4,6,15H,1,5,7-8H2,(H,13,16). The van der Waals surface area contributed by atoms with Gasteiger partial charge in [0.15, 0.2) is 6.61 Å². The lowest BCUT2D eigenvalue weighted by molar-refractivity contribution is -0.385. The van der Waals surface area contributed by atoms with E-state index in [4.69, 9.17) is 9.84 Å². The molecule has 0 unspecified atom stereocenters. The first kappa shape index (κ1) is 14.7. The minimum atomic E-state index is -0.570. The molecule has 1 aromatic carbocycles. The molecule has 0 aliphatic carbocycles. The molecule has 0 radical (unpaired) electrons. The SMILES string of the molecule is C=CCNC(=O)COc1ccc([N+](=O)[O-])cc1CO. The number of amides is 1. The molecule has 0 atom stereocenters. The minimum Gasteiger partial charge on any atom is -0.483 e. The van der Waals surface area contributed by atoms with Crippen LogP contribution in [0.5, 0.6) is 5.75 Å². The lowest BCUT2D eigenvalue weighted by Crippen LogP contribution is -2.28. The average molecular weight is 266 g/mol. The fourth-order valence-corrected chi connectivity index (χ4v) is 1.32. The van der Waals surface area contributed by atoms with Crippen LogP contribution in [-0.2, 0) is 11.4 Å². The van der Waals surface area contributed by atoms with E-state index in [9.17, 15) is 14.9 Å². The number of hydrogen-bond acceptors (Lipinski definition) is 5. The highest BCUT2D eigenvalue weighted by Gasteiger charge is 2.12. The predicted octanol–water partition coefficient (Wildman–Crippen LogP) is 0.768. The van der Waals surface area contributed by atoms with Crippen LogP contribution in [0, 0.1) is 10.1 Å². The number of rotatable bonds is 7. The fraction of sp³-hybridized carbons (Fsp3) is 0.250. The number of nitrogens with one attached hydrogen (secondary N) is 1. The van der Waals surface area contributed by atoms with Crippen LogP contribution in [0.25, 0.3) is 0 Å². The molecule has 1 rings (SSSR count). The number of aliphatic hydroxyl groups is 1. The van der Waals surface area contributed by atoms with Crippen LogP contribution in [0.2, 0.25) is 0 Å². The summed E-state index contributed by atoms with van der Waals surface area (Å²) < 4.78 is 5.19. The Balaban J connectivity index is 2.70. The molecule has 0 aliphatic heterocycles. The maximum absolute atomic E-state index is 11.3. The molecule has 7 nitrogen and oxygen atoms in total. The Morgan fingerprint density at radius 2 is 2.32 bits per heavy atom. The maximum Gasteiger partial charge on any atom is 0.270 e. The summed E-state index contributed by atoms with van der Waals surface area (Å²) in [6.45, 7) is 3.13. The number of aliphatic hydroxyl groups excluding tert-OH is 1. The van der Waals surface area contributed by atoms with Gasteiger partial charge in [-0.15, -0.1) is 6.58 Å². The van der Waals surface area contributed by atoms with Gasteiger partial charge >= 0.3 is 0 Å². The first-order chi connectivity index (χ1) is 9.08. The van der Waals surface area contributed by atoms with Crippen LogP contribution in [0.4, 0.5) is 5.69 Å². The number of benzene rings is 1. The molecule has 0 aliphatic rings. The van der Waals surface area contributed by atoms with Crippen LogP contribution in [0.3, 0.4) is 0 Å². The van der Waals surface area contributed by atoms with E-state index < -0.39 is 11.5 Å². The lowest BCUT2D eigenvalue weighted by Gasteiger charge is -2.09.